The number of ether oxygens (including phenoxy) is 1. The number of nitrogens with zero attached hydrogens (tertiary/aromatic N) is 2. The Morgan fingerprint density at radius 1 is 1.10 bits per heavy atom. The van der Waals surface area contributed by atoms with E-state index >= 15 is 0 Å². The van der Waals surface area contributed by atoms with Crippen LogP contribution in [0.4, 0.5) is 18.9 Å². The normalized spacial score (nSPS) is 22.9. The van der Waals surface area contributed by atoms with Crippen molar-refractivity contribution in [3.63, 3.8) is 0 Å². The Morgan fingerprint density at radius 3 is 2.54 bits per heavy atom. The number of fused-ring (bicyclic) bond motifs is 4. The van der Waals surface area contributed by atoms with Crippen LogP contribution in [0.1, 0.15) is 80.6 Å². The number of hydrogen-bond donors (Lipinski definition) is 5. The Labute approximate surface area is 273 Å². The summed E-state index contributed by atoms with van der Waals surface area (Å²) in [6.07, 6.45) is -5.09. The molecule has 3 aliphatic rings. The molecule has 1 spiro atoms. The predicted octanol–water partition coefficient (Wildman–Crippen LogP) is 4.97. The molecule has 0 fully saturated rings. The van der Waals surface area contributed by atoms with Gasteiger partial charge in [-0.1, -0.05) is 58.0 Å². The van der Waals surface area contributed by atoms with Crippen molar-refractivity contribution in [3.8, 4) is 17.1 Å². The molecule has 2 aromatic carbocycles. The molecule has 14 heteroatoms. The Balaban J connectivity index is 1.48. The first-order valence-corrected chi connectivity index (χ1v) is 15.9. The lowest BCUT2D eigenvalue weighted by Crippen LogP contribution is -2.55. The molecule has 0 radical (unpaired) electrons. The summed E-state index contributed by atoms with van der Waals surface area (Å²) in [5.74, 6) is -0.772. The molecule has 4 bridgehead atoms. The van der Waals surface area contributed by atoms with Gasteiger partial charge in [0.2, 0.25) is 11.8 Å². The van der Waals surface area contributed by atoms with Gasteiger partial charge in [0.05, 0.1) is 0 Å². The van der Waals surface area contributed by atoms with Gasteiger partial charge in [-0.25, -0.2) is 4.98 Å². The van der Waals surface area contributed by atoms with Gasteiger partial charge in [-0.3, -0.25) is 14.7 Å². The van der Waals surface area contributed by atoms with Crippen molar-refractivity contribution in [2.24, 2.45) is 5.92 Å². The predicted molar refractivity (Wildman–Crippen MR) is 167 cm³/mol. The molecule has 4 atom stereocenters. The second kappa shape index (κ2) is 11.1. The number of carbonyl (C=O) groups is 2. The molecule has 5 heterocycles. The van der Waals surface area contributed by atoms with Gasteiger partial charge in [0.15, 0.2) is 12.0 Å². The van der Waals surface area contributed by atoms with Gasteiger partial charge in [0, 0.05) is 17.7 Å². The summed E-state index contributed by atoms with van der Waals surface area (Å²) in [5.41, 5.74) is -1.19. The molecule has 4 aromatic rings. The quantitative estimate of drug-likeness (QED) is 0.194. The number of aromatic nitrogens is 3. The van der Waals surface area contributed by atoms with E-state index in [1.165, 1.54) is 0 Å². The van der Waals surface area contributed by atoms with Crippen molar-refractivity contribution in [1.82, 2.24) is 25.8 Å². The second-order valence-corrected chi connectivity index (χ2v) is 12.9. The van der Waals surface area contributed by atoms with Crippen molar-refractivity contribution in [1.29, 1.82) is 0 Å². The molecule has 0 saturated carbocycles. The average molecular weight is 665 g/mol. The number of rotatable bonds is 6. The zero-order valence-electron chi connectivity index (χ0n) is 26.7. The third-order valence-electron chi connectivity index (χ3n) is 9.76. The molecule has 0 saturated heterocycles. The molecule has 11 nitrogen and oxygen atoms in total. The molecule has 0 aliphatic carbocycles. The number of nitrogens with one attached hydrogen (secondary N) is 4. The summed E-state index contributed by atoms with van der Waals surface area (Å²) in [4.78, 5) is 32.1. The standard InChI is InChI=1S/C34H35F3N6O5/c1-5-32(46,6-2)30(45)38-22-14-17-11-12-23-19(13-17)33(18-9-7-8-10-20(18)39-31(33)47-23)27-26(21-15-24(43-42-21)34(35,36)37)41-29(48-27)25(16(3)4)40-28(22)44/h7-13,15-16,22,25,31,39,46H,5-6,14H2,1-4H3,(H,38,45)(H,40,44)(H,42,43)/t22?,25-,31?,33?/m0/s1. The van der Waals surface area contributed by atoms with E-state index in [-0.39, 0.29) is 48.2 Å². The van der Waals surface area contributed by atoms with E-state index in [0.29, 0.717) is 16.9 Å². The van der Waals surface area contributed by atoms with Crippen LogP contribution in [0.5, 0.6) is 5.75 Å². The van der Waals surface area contributed by atoms with E-state index in [4.69, 9.17) is 14.1 Å². The summed E-state index contributed by atoms with van der Waals surface area (Å²) in [5, 5.41) is 26.2. The van der Waals surface area contributed by atoms with Crippen LogP contribution in [0.15, 0.2) is 52.9 Å². The van der Waals surface area contributed by atoms with E-state index in [1.807, 2.05) is 44.2 Å². The Morgan fingerprint density at radius 2 is 1.85 bits per heavy atom. The summed E-state index contributed by atoms with van der Waals surface area (Å²) in [7, 11) is 0. The molecule has 5 N–H and O–H groups in total. The topological polar surface area (TPSA) is 154 Å². The van der Waals surface area contributed by atoms with Crippen LogP contribution in [-0.4, -0.2) is 50.0 Å². The minimum absolute atomic E-state index is 0.0475. The molecule has 2 aromatic heterocycles. The fourth-order valence-electron chi connectivity index (χ4n) is 6.93. The van der Waals surface area contributed by atoms with Gasteiger partial charge in [-0.15, -0.1) is 0 Å². The molecule has 3 unspecified atom stereocenters. The monoisotopic (exact) mass is 664 g/mol. The van der Waals surface area contributed by atoms with E-state index < -0.39 is 53.0 Å². The number of aliphatic hydroxyl groups is 1. The Hall–Kier alpha value is -4.85. The van der Waals surface area contributed by atoms with Crippen LogP contribution in [0.25, 0.3) is 11.4 Å². The maximum atomic E-state index is 14.0. The number of aromatic amines is 1. The van der Waals surface area contributed by atoms with Crippen molar-refractivity contribution >= 4 is 17.5 Å². The number of alkyl halides is 3. The number of oxazole rings is 1. The number of halogens is 3. The Bertz CT molecular complexity index is 1910. The minimum Gasteiger partial charge on any atom is -0.469 e. The van der Waals surface area contributed by atoms with Gasteiger partial charge in [-0.2, -0.15) is 18.3 Å². The first-order chi connectivity index (χ1) is 22.8. The van der Waals surface area contributed by atoms with Crippen molar-refractivity contribution in [2.75, 3.05) is 5.32 Å². The maximum Gasteiger partial charge on any atom is 0.432 e. The van der Waals surface area contributed by atoms with E-state index in [9.17, 15) is 27.9 Å². The zero-order chi connectivity index (χ0) is 34.2. The lowest BCUT2D eigenvalue weighted by atomic mass is 9.72. The Kier molecular flexibility index (Phi) is 7.35. The van der Waals surface area contributed by atoms with E-state index in [0.717, 1.165) is 17.3 Å². The van der Waals surface area contributed by atoms with Crippen molar-refractivity contribution in [2.45, 2.75) is 82.5 Å². The van der Waals surface area contributed by atoms with Crippen LogP contribution in [0.2, 0.25) is 0 Å². The minimum atomic E-state index is -4.69. The molecule has 3 aliphatic heterocycles. The van der Waals surface area contributed by atoms with Crippen molar-refractivity contribution in [3.05, 3.63) is 82.6 Å². The van der Waals surface area contributed by atoms with Gasteiger partial charge in [0.25, 0.3) is 5.91 Å². The number of carbonyl (C=O) groups excluding carboxylic acids is 2. The number of H-pyrrole nitrogens is 1. The smallest absolute Gasteiger partial charge is 0.432 e. The van der Waals surface area contributed by atoms with Crippen LogP contribution < -0.4 is 20.7 Å². The second-order valence-electron chi connectivity index (χ2n) is 12.9. The highest BCUT2D eigenvalue weighted by atomic mass is 19.4. The third kappa shape index (κ3) is 4.75. The number of benzene rings is 2. The first-order valence-electron chi connectivity index (χ1n) is 15.9. The van der Waals surface area contributed by atoms with Crippen LogP contribution >= 0.6 is 0 Å². The van der Waals surface area contributed by atoms with Crippen LogP contribution in [0, 0.1) is 5.92 Å². The van der Waals surface area contributed by atoms with Gasteiger partial charge in [0.1, 0.15) is 45.9 Å². The molecular formula is C34H35F3N6O5. The molecule has 7 rings (SSSR count). The van der Waals surface area contributed by atoms with Gasteiger partial charge >= 0.3 is 6.18 Å². The van der Waals surface area contributed by atoms with Gasteiger partial charge in [-0.05, 0) is 48.1 Å². The largest absolute Gasteiger partial charge is 0.469 e. The fraction of sp³-hybridized carbons (Fsp3) is 0.412. The number of hydrogen-bond acceptors (Lipinski definition) is 8. The number of anilines is 1. The van der Waals surface area contributed by atoms with Crippen molar-refractivity contribution < 1.29 is 37.0 Å². The molecule has 252 valence electrons. The summed E-state index contributed by atoms with van der Waals surface area (Å²) in [6, 6.07) is 11.8. The zero-order valence-corrected chi connectivity index (χ0v) is 26.7. The number of amides is 2. The lowest BCUT2D eigenvalue weighted by Gasteiger charge is -2.30. The first kappa shape index (κ1) is 31.7. The van der Waals surface area contributed by atoms with E-state index in [1.54, 1.807) is 26.0 Å². The van der Waals surface area contributed by atoms with Crippen LogP contribution in [0.3, 0.4) is 0 Å². The average Bonchev–Trinajstić information content (AvgIpc) is 3.83. The van der Waals surface area contributed by atoms with Gasteiger partial charge < -0.3 is 30.2 Å². The van der Waals surface area contributed by atoms with E-state index in [2.05, 4.69) is 26.1 Å². The number of para-hydroxylation sites is 1. The molecule has 48 heavy (non-hydrogen) atoms. The summed E-state index contributed by atoms with van der Waals surface area (Å²) < 4.78 is 54.4. The molecule has 2 amide bonds. The summed E-state index contributed by atoms with van der Waals surface area (Å²) in [6.45, 7) is 7.06. The molecular weight excluding hydrogens is 629 g/mol. The van der Waals surface area contributed by atoms with Crippen LogP contribution in [-0.2, 0) is 27.6 Å². The SMILES string of the molecule is CCC(O)(CC)C(=O)NC1Cc2ccc3c(c2)C2(c4ccccc4NC2O3)c2oc(nc2-c2cc(C(F)(F)F)[nH]n2)[C@H](C(C)C)NC1=O. The lowest BCUT2D eigenvalue weighted by molar-refractivity contribution is -0.143. The summed E-state index contributed by atoms with van der Waals surface area (Å²) >= 11 is 0. The highest BCUT2D eigenvalue weighted by molar-refractivity contribution is 5.91. The fourth-order valence-corrected chi connectivity index (χ4v) is 6.93. The third-order valence-corrected chi connectivity index (χ3v) is 9.76. The highest BCUT2D eigenvalue weighted by Gasteiger charge is 2.61. The highest BCUT2D eigenvalue weighted by Crippen LogP contribution is 2.59. The maximum absolute atomic E-state index is 14.0.